The van der Waals surface area contributed by atoms with Gasteiger partial charge in [-0.15, -0.1) is 0 Å². The zero-order valence-electron chi connectivity index (χ0n) is 11.5. The molecule has 1 fully saturated rings. The van der Waals surface area contributed by atoms with Gasteiger partial charge in [-0.05, 0) is 31.4 Å². The molecule has 0 bridgehead atoms. The fraction of sp³-hybridized carbons (Fsp3) is 0.533. The van der Waals surface area contributed by atoms with E-state index in [2.05, 4.69) is 57.8 Å². The summed E-state index contributed by atoms with van der Waals surface area (Å²) in [6.45, 7) is 6.36. The summed E-state index contributed by atoms with van der Waals surface area (Å²) in [5.41, 5.74) is 1.34. The van der Waals surface area contributed by atoms with Crippen LogP contribution in [0.1, 0.15) is 13.3 Å². The van der Waals surface area contributed by atoms with E-state index in [1.54, 1.807) is 0 Å². The van der Waals surface area contributed by atoms with E-state index in [-0.39, 0.29) is 0 Å². The molecule has 4 nitrogen and oxygen atoms in total. The maximum absolute atomic E-state index is 4.44. The molecule has 2 aliphatic heterocycles. The second-order valence-corrected chi connectivity index (χ2v) is 5.55. The van der Waals surface area contributed by atoms with E-state index in [1.165, 1.54) is 12.1 Å². The van der Waals surface area contributed by atoms with E-state index >= 15 is 0 Å². The lowest BCUT2D eigenvalue weighted by Gasteiger charge is -2.19. The SMILES string of the molecule is CC1CN=C(NCC2CCN(c3ccccc3)C2)N1. The molecule has 19 heavy (non-hydrogen) atoms. The van der Waals surface area contributed by atoms with Crippen molar-refractivity contribution >= 4 is 11.6 Å². The number of hydrogen-bond acceptors (Lipinski definition) is 4. The van der Waals surface area contributed by atoms with Crippen LogP contribution in [-0.4, -0.2) is 38.2 Å². The Balaban J connectivity index is 1.47. The number of para-hydroxylation sites is 1. The maximum atomic E-state index is 4.44. The molecule has 2 heterocycles. The molecule has 0 amide bonds. The van der Waals surface area contributed by atoms with Crippen molar-refractivity contribution in [2.45, 2.75) is 19.4 Å². The van der Waals surface area contributed by atoms with Crippen molar-refractivity contribution < 1.29 is 0 Å². The van der Waals surface area contributed by atoms with Gasteiger partial charge in [-0.25, -0.2) is 0 Å². The van der Waals surface area contributed by atoms with Crippen LogP contribution in [0.3, 0.4) is 0 Å². The number of nitrogens with one attached hydrogen (secondary N) is 2. The number of benzene rings is 1. The smallest absolute Gasteiger partial charge is 0.191 e. The van der Waals surface area contributed by atoms with Gasteiger partial charge in [0.25, 0.3) is 0 Å². The lowest BCUT2D eigenvalue weighted by Crippen LogP contribution is -2.40. The third kappa shape index (κ3) is 3.00. The van der Waals surface area contributed by atoms with Crippen molar-refractivity contribution in [3.63, 3.8) is 0 Å². The number of aliphatic imine (C=N–C) groups is 1. The molecule has 102 valence electrons. The number of hydrogen-bond donors (Lipinski definition) is 2. The fourth-order valence-corrected chi connectivity index (χ4v) is 2.77. The normalized spacial score (nSPS) is 26.2. The van der Waals surface area contributed by atoms with Crippen molar-refractivity contribution in [1.82, 2.24) is 10.6 Å². The molecule has 1 saturated heterocycles. The monoisotopic (exact) mass is 258 g/mol. The molecule has 2 unspecified atom stereocenters. The highest BCUT2D eigenvalue weighted by Crippen LogP contribution is 2.22. The van der Waals surface area contributed by atoms with Gasteiger partial charge in [0.05, 0.1) is 6.54 Å². The predicted octanol–water partition coefficient (Wildman–Crippen LogP) is 1.45. The minimum Gasteiger partial charge on any atom is -0.371 e. The van der Waals surface area contributed by atoms with Gasteiger partial charge in [0.2, 0.25) is 0 Å². The minimum absolute atomic E-state index is 0.479. The van der Waals surface area contributed by atoms with Gasteiger partial charge in [-0.1, -0.05) is 18.2 Å². The largest absolute Gasteiger partial charge is 0.371 e. The topological polar surface area (TPSA) is 39.7 Å². The Bertz CT molecular complexity index is 443. The lowest BCUT2D eigenvalue weighted by molar-refractivity contribution is 0.566. The van der Waals surface area contributed by atoms with Crippen molar-refractivity contribution in [2.75, 3.05) is 31.1 Å². The van der Waals surface area contributed by atoms with Crippen LogP contribution in [0.4, 0.5) is 5.69 Å². The number of nitrogens with zero attached hydrogens (tertiary/aromatic N) is 2. The summed E-state index contributed by atoms with van der Waals surface area (Å²) in [7, 11) is 0. The van der Waals surface area contributed by atoms with Crippen LogP contribution in [-0.2, 0) is 0 Å². The first-order valence-corrected chi connectivity index (χ1v) is 7.16. The summed E-state index contributed by atoms with van der Waals surface area (Å²) in [5, 5.41) is 6.78. The molecular weight excluding hydrogens is 236 g/mol. The Morgan fingerprint density at radius 3 is 2.95 bits per heavy atom. The molecule has 2 N–H and O–H groups in total. The van der Waals surface area contributed by atoms with E-state index in [1.807, 2.05) is 0 Å². The molecular formula is C15H22N4. The number of rotatable bonds is 3. The van der Waals surface area contributed by atoms with Crippen molar-refractivity contribution in [3.8, 4) is 0 Å². The van der Waals surface area contributed by atoms with Crippen molar-refractivity contribution in [2.24, 2.45) is 10.9 Å². The van der Waals surface area contributed by atoms with Gasteiger partial charge < -0.3 is 15.5 Å². The van der Waals surface area contributed by atoms with Gasteiger partial charge in [0, 0.05) is 31.4 Å². The highest BCUT2D eigenvalue weighted by molar-refractivity contribution is 5.81. The number of anilines is 1. The summed E-state index contributed by atoms with van der Waals surface area (Å²) in [5.74, 6) is 1.69. The van der Waals surface area contributed by atoms with E-state index in [9.17, 15) is 0 Å². The van der Waals surface area contributed by atoms with E-state index < -0.39 is 0 Å². The van der Waals surface area contributed by atoms with Crippen LogP contribution in [0, 0.1) is 5.92 Å². The van der Waals surface area contributed by atoms with E-state index in [0.717, 1.165) is 32.1 Å². The summed E-state index contributed by atoms with van der Waals surface area (Å²) in [6, 6.07) is 11.2. The zero-order valence-corrected chi connectivity index (χ0v) is 11.5. The molecule has 0 spiro atoms. The fourth-order valence-electron chi connectivity index (χ4n) is 2.77. The molecule has 2 aliphatic rings. The summed E-state index contributed by atoms with van der Waals surface area (Å²) in [6.07, 6.45) is 1.25. The minimum atomic E-state index is 0.479. The van der Waals surface area contributed by atoms with Gasteiger partial charge in [0.1, 0.15) is 0 Å². The lowest BCUT2D eigenvalue weighted by atomic mass is 10.1. The summed E-state index contributed by atoms with van der Waals surface area (Å²) < 4.78 is 0. The van der Waals surface area contributed by atoms with Gasteiger partial charge in [0.15, 0.2) is 5.96 Å². The standard InChI is InChI=1S/C15H22N4/c1-12-9-16-15(18-12)17-10-13-7-8-19(11-13)14-5-3-2-4-6-14/h2-6,12-13H,7-11H2,1H3,(H2,16,17,18). The first-order valence-electron chi connectivity index (χ1n) is 7.16. The van der Waals surface area contributed by atoms with Crippen molar-refractivity contribution in [3.05, 3.63) is 30.3 Å². The number of guanidine groups is 1. The molecule has 4 heteroatoms. The third-order valence-corrected chi connectivity index (χ3v) is 3.87. The van der Waals surface area contributed by atoms with E-state index in [4.69, 9.17) is 0 Å². The first-order chi connectivity index (χ1) is 9.31. The highest BCUT2D eigenvalue weighted by atomic mass is 15.2. The Kier molecular flexibility index (Phi) is 3.58. The Morgan fingerprint density at radius 1 is 1.37 bits per heavy atom. The van der Waals surface area contributed by atoms with Gasteiger partial charge >= 0.3 is 0 Å². The molecule has 2 atom stereocenters. The highest BCUT2D eigenvalue weighted by Gasteiger charge is 2.23. The second-order valence-electron chi connectivity index (χ2n) is 5.55. The maximum Gasteiger partial charge on any atom is 0.191 e. The Morgan fingerprint density at radius 2 is 2.21 bits per heavy atom. The van der Waals surface area contributed by atoms with Crippen LogP contribution < -0.4 is 15.5 Å². The molecule has 1 aromatic rings. The van der Waals surface area contributed by atoms with Crippen LogP contribution in [0.15, 0.2) is 35.3 Å². The van der Waals surface area contributed by atoms with Crippen molar-refractivity contribution in [1.29, 1.82) is 0 Å². The average Bonchev–Trinajstić information content (AvgIpc) is 3.06. The average molecular weight is 258 g/mol. The molecule has 0 radical (unpaired) electrons. The predicted molar refractivity (Wildman–Crippen MR) is 79.7 cm³/mol. The van der Waals surface area contributed by atoms with Crippen LogP contribution in [0.5, 0.6) is 0 Å². The quantitative estimate of drug-likeness (QED) is 0.862. The van der Waals surface area contributed by atoms with Crippen LogP contribution >= 0.6 is 0 Å². The van der Waals surface area contributed by atoms with E-state index in [0.29, 0.717) is 12.0 Å². The summed E-state index contributed by atoms with van der Waals surface area (Å²) in [4.78, 5) is 6.91. The Labute approximate surface area is 114 Å². The molecule has 1 aromatic carbocycles. The summed E-state index contributed by atoms with van der Waals surface area (Å²) >= 11 is 0. The first kappa shape index (κ1) is 12.3. The van der Waals surface area contributed by atoms with Crippen LogP contribution in [0.25, 0.3) is 0 Å². The molecule has 0 aliphatic carbocycles. The van der Waals surface area contributed by atoms with Gasteiger partial charge in [-0.2, -0.15) is 0 Å². The Hall–Kier alpha value is -1.71. The van der Waals surface area contributed by atoms with Gasteiger partial charge in [-0.3, -0.25) is 4.99 Å². The molecule has 3 rings (SSSR count). The molecule has 0 saturated carbocycles. The van der Waals surface area contributed by atoms with Crippen LogP contribution in [0.2, 0.25) is 0 Å². The molecule has 0 aromatic heterocycles. The zero-order chi connectivity index (χ0) is 13.1. The third-order valence-electron chi connectivity index (χ3n) is 3.87. The second kappa shape index (κ2) is 5.51.